The van der Waals surface area contributed by atoms with Gasteiger partial charge in [0.05, 0.1) is 5.56 Å². The number of nitrogens with zero attached hydrogens (tertiary/aromatic N) is 1. The highest BCUT2D eigenvalue weighted by molar-refractivity contribution is 7.87. The van der Waals surface area contributed by atoms with E-state index in [0.717, 1.165) is 19.2 Å². The third kappa shape index (κ3) is 2.98. The largest absolute Gasteiger partial charge is 0.364 e. The lowest BCUT2D eigenvalue weighted by molar-refractivity contribution is 0.0995. The molecule has 1 aromatic heterocycles. The van der Waals surface area contributed by atoms with E-state index in [2.05, 4.69) is 4.98 Å². The van der Waals surface area contributed by atoms with Crippen LogP contribution in [0.5, 0.6) is 0 Å². The van der Waals surface area contributed by atoms with Gasteiger partial charge in [0.2, 0.25) is 0 Å². The van der Waals surface area contributed by atoms with E-state index in [1.165, 1.54) is 6.92 Å². The number of aryl methyl sites for hydroxylation is 1. The Morgan fingerprint density at radius 1 is 1.24 bits per heavy atom. The molecule has 0 saturated carbocycles. The first-order chi connectivity index (χ1) is 11.4. The zero-order valence-corrected chi connectivity index (χ0v) is 13.9. The second-order valence-corrected chi connectivity index (χ2v) is 7.24. The van der Waals surface area contributed by atoms with Crippen molar-refractivity contribution in [1.29, 1.82) is 0 Å². The van der Waals surface area contributed by atoms with Crippen LogP contribution in [0.25, 0.3) is 0 Å². The van der Waals surface area contributed by atoms with E-state index in [-0.39, 0.29) is 16.8 Å². The van der Waals surface area contributed by atoms with E-state index in [1.807, 2.05) is 0 Å². The number of halogens is 3. The lowest BCUT2D eigenvalue weighted by Gasteiger charge is -2.29. The molecule has 1 atom stereocenters. The first-order valence-electron chi connectivity index (χ1n) is 6.79. The van der Waals surface area contributed by atoms with Crippen molar-refractivity contribution in [2.24, 2.45) is 5.73 Å². The second kappa shape index (κ2) is 6.12. The number of carbonyl (C=O) groups excluding carboxylic acids is 1. The molecule has 0 aliphatic rings. The molecule has 0 aliphatic carbocycles. The fourth-order valence-corrected chi connectivity index (χ4v) is 3.49. The molecule has 0 spiro atoms. The molecular formula is C15H13F3N2O4S. The number of rotatable bonds is 4. The van der Waals surface area contributed by atoms with Crippen LogP contribution < -0.4 is 5.73 Å². The predicted molar refractivity (Wildman–Crippen MR) is 81.8 cm³/mol. The molecule has 0 aliphatic heterocycles. The van der Waals surface area contributed by atoms with Crippen LogP contribution in [0.4, 0.5) is 13.2 Å². The molecular weight excluding hydrogens is 361 g/mol. The zero-order chi connectivity index (χ0) is 19.2. The van der Waals surface area contributed by atoms with Crippen LogP contribution in [-0.2, 0) is 14.9 Å². The van der Waals surface area contributed by atoms with Gasteiger partial charge in [-0.1, -0.05) is 0 Å². The highest BCUT2D eigenvalue weighted by Gasteiger charge is 2.47. The average Bonchev–Trinajstić information content (AvgIpc) is 2.49. The molecule has 10 heteroatoms. The molecule has 3 N–H and O–H groups in total. The molecule has 1 aromatic carbocycles. The van der Waals surface area contributed by atoms with E-state index in [9.17, 15) is 30.9 Å². The van der Waals surface area contributed by atoms with Gasteiger partial charge in [-0.2, -0.15) is 8.42 Å². The van der Waals surface area contributed by atoms with Gasteiger partial charge >= 0.3 is 0 Å². The molecule has 25 heavy (non-hydrogen) atoms. The maximum absolute atomic E-state index is 14.2. The summed E-state index contributed by atoms with van der Waals surface area (Å²) in [6, 6.07) is 2.12. The average molecular weight is 374 g/mol. The van der Waals surface area contributed by atoms with Gasteiger partial charge in [-0.15, -0.1) is 0 Å². The molecule has 0 saturated heterocycles. The fraction of sp³-hybridized carbons (Fsp3) is 0.200. The summed E-state index contributed by atoms with van der Waals surface area (Å²) in [5.41, 5.74) is 3.35. The molecule has 2 rings (SSSR count). The highest BCUT2D eigenvalue weighted by atomic mass is 32.2. The first kappa shape index (κ1) is 18.9. The van der Waals surface area contributed by atoms with Crippen molar-refractivity contribution in [1.82, 2.24) is 4.98 Å². The maximum Gasteiger partial charge on any atom is 0.279 e. The van der Waals surface area contributed by atoms with E-state index < -0.39 is 43.8 Å². The van der Waals surface area contributed by atoms with Crippen molar-refractivity contribution < 1.29 is 30.9 Å². The number of hydrogen-bond donors (Lipinski definition) is 2. The standard InChI is InChI=1S/C15H13F3N2O4S/c1-7-5-11(14(19)21)20-6-8(7)15(2,25(22,23)24)12-9(16)3-4-10(17)13(12)18/h3-6H,1-2H3,(H2,19,21)(H,22,23,24). The number of primary amides is 1. The van der Waals surface area contributed by atoms with Gasteiger partial charge in [0.25, 0.3) is 16.0 Å². The number of aromatic nitrogens is 1. The van der Waals surface area contributed by atoms with Gasteiger partial charge < -0.3 is 5.73 Å². The van der Waals surface area contributed by atoms with E-state index >= 15 is 0 Å². The number of carbonyl (C=O) groups is 1. The van der Waals surface area contributed by atoms with Crippen molar-refractivity contribution in [3.8, 4) is 0 Å². The molecule has 0 fully saturated rings. The lowest BCUT2D eigenvalue weighted by Crippen LogP contribution is -2.37. The van der Waals surface area contributed by atoms with Crippen LogP contribution in [0.1, 0.15) is 34.1 Å². The van der Waals surface area contributed by atoms with Crippen LogP contribution >= 0.6 is 0 Å². The molecule has 2 aromatic rings. The minimum atomic E-state index is -5.19. The fourth-order valence-electron chi connectivity index (χ4n) is 2.56. The van der Waals surface area contributed by atoms with Crippen molar-refractivity contribution in [2.75, 3.05) is 0 Å². The third-order valence-electron chi connectivity index (χ3n) is 3.91. The summed E-state index contributed by atoms with van der Waals surface area (Å²) in [7, 11) is -5.19. The third-order valence-corrected chi connectivity index (χ3v) is 5.37. The Kier molecular flexibility index (Phi) is 4.62. The van der Waals surface area contributed by atoms with E-state index in [0.29, 0.717) is 12.1 Å². The predicted octanol–water partition coefficient (Wildman–Crippen LogP) is 2.06. The van der Waals surface area contributed by atoms with Crippen LogP contribution in [0, 0.1) is 24.4 Å². The second-order valence-electron chi connectivity index (χ2n) is 5.48. The maximum atomic E-state index is 14.2. The van der Waals surface area contributed by atoms with Crippen LogP contribution in [-0.4, -0.2) is 23.9 Å². The molecule has 1 heterocycles. The van der Waals surface area contributed by atoms with Gasteiger partial charge in [0.15, 0.2) is 16.4 Å². The Morgan fingerprint density at radius 3 is 2.28 bits per heavy atom. The molecule has 0 radical (unpaired) electrons. The van der Waals surface area contributed by atoms with Crippen LogP contribution in [0.2, 0.25) is 0 Å². The summed E-state index contributed by atoms with van der Waals surface area (Å²) in [5.74, 6) is -5.55. The number of hydrogen-bond acceptors (Lipinski definition) is 4. The minimum Gasteiger partial charge on any atom is -0.364 e. The summed E-state index contributed by atoms with van der Waals surface area (Å²) in [6.45, 7) is 2.12. The smallest absolute Gasteiger partial charge is 0.279 e. The lowest BCUT2D eigenvalue weighted by atomic mass is 9.89. The summed E-state index contributed by atoms with van der Waals surface area (Å²) in [4.78, 5) is 14.8. The number of nitrogens with two attached hydrogens (primary N) is 1. The van der Waals surface area contributed by atoms with Crippen molar-refractivity contribution >= 4 is 16.0 Å². The topological polar surface area (TPSA) is 110 Å². The Morgan fingerprint density at radius 2 is 1.80 bits per heavy atom. The number of benzene rings is 1. The Labute approximate surface area is 141 Å². The summed E-state index contributed by atoms with van der Waals surface area (Å²) in [5, 5.41) is 0. The molecule has 134 valence electrons. The quantitative estimate of drug-likeness (QED) is 0.629. The van der Waals surface area contributed by atoms with Gasteiger partial charge in [0.1, 0.15) is 11.5 Å². The monoisotopic (exact) mass is 374 g/mol. The Balaban J connectivity index is 2.92. The molecule has 1 unspecified atom stereocenters. The first-order valence-corrected chi connectivity index (χ1v) is 8.23. The number of pyridine rings is 1. The SMILES string of the molecule is Cc1cc(C(N)=O)ncc1C(C)(c1c(F)ccc(F)c1F)S(=O)(=O)O. The van der Waals surface area contributed by atoms with Gasteiger partial charge in [-0.05, 0) is 37.6 Å². The normalized spacial score (nSPS) is 14.2. The van der Waals surface area contributed by atoms with Gasteiger partial charge in [0, 0.05) is 11.8 Å². The van der Waals surface area contributed by atoms with Crippen molar-refractivity contribution in [3.63, 3.8) is 0 Å². The minimum absolute atomic E-state index is 0.0481. The van der Waals surface area contributed by atoms with Gasteiger partial charge in [-0.3, -0.25) is 14.3 Å². The summed E-state index contributed by atoms with van der Waals surface area (Å²) < 4.78 is 73.0. The van der Waals surface area contributed by atoms with Crippen LogP contribution in [0.15, 0.2) is 24.4 Å². The van der Waals surface area contributed by atoms with Crippen LogP contribution in [0.3, 0.4) is 0 Å². The molecule has 6 nitrogen and oxygen atoms in total. The summed E-state index contributed by atoms with van der Waals surface area (Å²) >= 11 is 0. The molecule has 1 amide bonds. The highest BCUT2D eigenvalue weighted by Crippen LogP contribution is 2.41. The summed E-state index contributed by atoms with van der Waals surface area (Å²) in [6.07, 6.45) is 0.840. The molecule has 0 bridgehead atoms. The zero-order valence-electron chi connectivity index (χ0n) is 13.0. The van der Waals surface area contributed by atoms with Crippen molar-refractivity contribution in [3.05, 3.63) is 64.2 Å². The van der Waals surface area contributed by atoms with Crippen molar-refractivity contribution in [2.45, 2.75) is 18.6 Å². The number of amides is 1. The Bertz CT molecular complexity index is 979. The Hall–Kier alpha value is -2.46. The van der Waals surface area contributed by atoms with Gasteiger partial charge in [-0.25, -0.2) is 13.2 Å². The van der Waals surface area contributed by atoms with E-state index in [4.69, 9.17) is 5.73 Å². The van der Waals surface area contributed by atoms with E-state index in [1.54, 1.807) is 0 Å².